The predicted molar refractivity (Wildman–Crippen MR) is 178 cm³/mol. The molecule has 0 aromatic heterocycles. The summed E-state index contributed by atoms with van der Waals surface area (Å²) < 4.78 is 23.3. The summed E-state index contributed by atoms with van der Waals surface area (Å²) in [7, 11) is 1.73. The zero-order chi connectivity index (χ0) is 34.1. The molecular weight excluding hydrogens is 606 g/mol. The van der Waals surface area contributed by atoms with Gasteiger partial charge in [-0.25, -0.2) is 9.59 Å². The molecule has 13 heteroatoms. The Morgan fingerprint density at radius 1 is 1.00 bits per heavy atom. The van der Waals surface area contributed by atoms with E-state index in [0.717, 1.165) is 19.3 Å². The molecule has 0 saturated carbocycles. The zero-order valence-corrected chi connectivity index (χ0v) is 28.2. The van der Waals surface area contributed by atoms with E-state index in [-0.39, 0.29) is 61.6 Å². The lowest BCUT2D eigenvalue weighted by Crippen LogP contribution is -2.49. The molecular formula is C34H49N5O8. The van der Waals surface area contributed by atoms with E-state index in [0.29, 0.717) is 41.8 Å². The Bertz CT molecular complexity index is 1390. The number of hydrogen-bond donors (Lipinski definition) is 4. The number of ether oxygens (including phenoxy) is 4. The molecule has 4 rings (SSSR count). The van der Waals surface area contributed by atoms with Crippen molar-refractivity contribution < 1.29 is 38.4 Å². The van der Waals surface area contributed by atoms with Crippen LogP contribution in [0.15, 0.2) is 36.4 Å². The molecule has 2 aliphatic rings. The van der Waals surface area contributed by atoms with Gasteiger partial charge in [-0.15, -0.1) is 0 Å². The Kier molecular flexibility index (Phi) is 12.5. The molecule has 2 heterocycles. The third kappa shape index (κ3) is 9.88. The van der Waals surface area contributed by atoms with Crippen LogP contribution in [-0.4, -0.2) is 97.3 Å². The first kappa shape index (κ1) is 35.6. The molecule has 0 bridgehead atoms. The molecule has 258 valence electrons. The molecule has 5 amide bonds. The second-order valence-electron chi connectivity index (χ2n) is 12.6. The monoisotopic (exact) mass is 655 g/mol. The van der Waals surface area contributed by atoms with Gasteiger partial charge in [-0.3, -0.25) is 4.79 Å². The predicted octanol–water partition coefficient (Wildman–Crippen LogP) is 4.90. The smallest absolute Gasteiger partial charge is 0.323 e. The van der Waals surface area contributed by atoms with E-state index in [2.05, 4.69) is 16.0 Å². The molecule has 2 aliphatic heterocycles. The van der Waals surface area contributed by atoms with Crippen molar-refractivity contribution in [3.05, 3.63) is 42.0 Å². The molecule has 2 aromatic carbocycles. The molecule has 0 fully saturated rings. The quantitative estimate of drug-likeness (QED) is 0.329. The van der Waals surface area contributed by atoms with Crippen molar-refractivity contribution in [2.75, 3.05) is 50.8 Å². The number of aliphatic hydroxyl groups is 1. The van der Waals surface area contributed by atoms with Crippen LogP contribution in [0, 0.1) is 5.92 Å². The van der Waals surface area contributed by atoms with E-state index in [1.54, 1.807) is 60.2 Å². The molecule has 13 nitrogen and oxygen atoms in total. The molecule has 47 heavy (non-hydrogen) atoms. The zero-order valence-electron chi connectivity index (χ0n) is 28.2. The lowest BCUT2D eigenvalue weighted by molar-refractivity contribution is -0.0122. The molecule has 2 aromatic rings. The van der Waals surface area contributed by atoms with Crippen molar-refractivity contribution in [3.8, 4) is 17.2 Å². The Morgan fingerprint density at radius 3 is 2.38 bits per heavy atom. The Balaban J connectivity index is 1.58. The minimum atomic E-state index is -0.531. The number of carbonyl (C=O) groups is 3. The van der Waals surface area contributed by atoms with Crippen molar-refractivity contribution >= 4 is 29.3 Å². The van der Waals surface area contributed by atoms with Gasteiger partial charge in [-0.05, 0) is 77.3 Å². The summed E-state index contributed by atoms with van der Waals surface area (Å²) in [6.07, 6.45) is 1.85. The largest absolute Gasteiger partial charge is 0.490 e. The van der Waals surface area contributed by atoms with Crippen LogP contribution in [-0.2, 0) is 4.74 Å². The number of anilines is 2. The van der Waals surface area contributed by atoms with Gasteiger partial charge in [0.1, 0.15) is 5.75 Å². The van der Waals surface area contributed by atoms with Gasteiger partial charge < -0.3 is 49.8 Å². The first-order chi connectivity index (χ1) is 22.4. The van der Waals surface area contributed by atoms with Gasteiger partial charge in [-0.2, -0.15) is 0 Å². The number of carbonyl (C=O) groups excluding carboxylic acids is 3. The number of nitrogens with zero attached hydrogens (tertiary/aromatic N) is 2. The SMILES string of the molecule is CC(C)NC(=O)N(C)C[C@@H]1OCCCC[C@H](C)Oc2ccc(NC(=O)Nc3ccc4c(c3)OCO4)cc2C(=O)N([C@H](C)CO)C[C@@H]1C. The van der Waals surface area contributed by atoms with E-state index in [4.69, 9.17) is 18.9 Å². The van der Waals surface area contributed by atoms with Crippen molar-refractivity contribution in [2.45, 2.75) is 78.2 Å². The summed E-state index contributed by atoms with van der Waals surface area (Å²) in [4.78, 5) is 43.2. The average molecular weight is 656 g/mol. The fourth-order valence-electron chi connectivity index (χ4n) is 5.44. The number of urea groups is 2. The first-order valence-electron chi connectivity index (χ1n) is 16.3. The maximum Gasteiger partial charge on any atom is 0.323 e. The van der Waals surface area contributed by atoms with Gasteiger partial charge in [-0.1, -0.05) is 6.92 Å². The van der Waals surface area contributed by atoms with Crippen molar-refractivity contribution in [3.63, 3.8) is 0 Å². The third-order valence-corrected chi connectivity index (χ3v) is 8.15. The number of rotatable bonds is 7. The molecule has 4 N–H and O–H groups in total. The average Bonchev–Trinajstić information content (AvgIpc) is 3.50. The number of likely N-dealkylation sites (N-methyl/N-ethyl adjacent to an activating group) is 1. The molecule has 0 radical (unpaired) electrons. The number of hydrogen-bond acceptors (Lipinski definition) is 8. The Hall–Kier alpha value is -4.23. The van der Waals surface area contributed by atoms with Crippen LogP contribution < -0.4 is 30.2 Å². The van der Waals surface area contributed by atoms with Crippen LogP contribution >= 0.6 is 0 Å². The van der Waals surface area contributed by atoms with Gasteiger partial charge in [0.05, 0.1) is 30.4 Å². The maximum absolute atomic E-state index is 14.3. The maximum atomic E-state index is 14.3. The highest BCUT2D eigenvalue weighted by Crippen LogP contribution is 2.34. The highest BCUT2D eigenvalue weighted by Gasteiger charge is 2.31. The topological polar surface area (TPSA) is 151 Å². The minimum Gasteiger partial charge on any atom is -0.490 e. The molecule has 0 unspecified atom stereocenters. The molecule has 0 spiro atoms. The number of benzene rings is 2. The first-order valence-corrected chi connectivity index (χ1v) is 16.3. The molecule has 0 aliphatic carbocycles. The summed E-state index contributed by atoms with van der Waals surface area (Å²) in [5.41, 5.74) is 1.16. The summed E-state index contributed by atoms with van der Waals surface area (Å²) >= 11 is 0. The van der Waals surface area contributed by atoms with Crippen LogP contribution in [0.1, 0.15) is 64.2 Å². The van der Waals surface area contributed by atoms with Gasteiger partial charge in [0.2, 0.25) is 6.79 Å². The molecule has 0 saturated heterocycles. The van der Waals surface area contributed by atoms with Gasteiger partial charge in [0.25, 0.3) is 5.91 Å². The Morgan fingerprint density at radius 2 is 1.68 bits per heavy atom. The van der Waals surface area contributed by atoms with E-state index in [1.807, 2.05) is 27.7 Å². The normalized spacial score (nSPS) is 20.8. The highest BCUT2D eigenvalue weighted by atomic mass is 16.7. The number of amides is 5. The van der Waals surface area contributed by atoms with E-state index < -0.39 is 12.1 Å². The second kappa shape index (κ2) is 16.6. The lowest BCUT2D eigenvalue weighted by atomic mass is 10.0. The van der Waals surface area contributed by atoms with Crippen molar-refractivity contribution in [1.82, 2.24) is 15.1 Å². The number of nitrogens with one attached hydrogen (secondary N) is 3. The van der Waals surface area contributed by atoms with Crippen LogP contribution in [0.4, 0.5) is 21.0 Å². The van der Waals surface area contributed by atoms with Crippen LogP contribution in [0.2, 0.25) is 0 Å². The fraction of sp³-hybridized carbons (Fsp3) is 0.559. The van der Waals surface area contributed by atoms with Crippen molar-refractivity contribution in [1.29, 1.82) is 0 Å². The van der Waals surface area contributed by atoms with Gasteiger partial charge in [0, 0.05) is 56.1 Å². The molecule has 4 atom stereocenters. The fourth-order valence-corrected chi connectivity index (χ4v) is 5.44. The minimum absolute atomic E-state index is 0.00999. The van der Waals surface area contributed by atoms with Crippen LogP contribution in [0.25, 0.3) is 0 Å². The number of aliphatic hydroxyl groups excluding tert-OH is 1. The number of fused-ring (bicyclic) bond motifs is 2. The van der Waals surface area contributed by atoms with Crippen LogP contribution in [0.5, 0.6) is 17.2 Å². The standard InChI is InChI=1S/C34H49N5O8/c1-21(2)35-34(43)38(6)18-31-22(3)17-39(23(4)19-40)32(41)27-15-25(10-12-28(27)47-24(5)9-7-8-14-44-31)36-33(42)37-26-11-13-29-30(16-26)46-20-45-29/h10-13,15-16,21-24,31,40H,7-9,14,17-20H2,1-6H3,(H,35,43)(H2,36,37,42)/t22-,23+,24-,31-/m0/s1. The lowest BCUT2D eigenvalue weighted by Gasteiger charge is -2.36. The summed E-state index contributed by atoms with van der Waals surface area (Å²) in [5.74, 6) is 0.982. The van der Waals surface area contributed by atoms with E-state index in [1.165, 1.54) is 0 Å². The van der Waals surface area contributed by atoms with E-state index in [9.17, 15) is 19.5 Å². The summed E-state index contributed by atoms with van der Waals surface area (Å²) in [6.45, 7) is 10.5. The highest BCUT2D eigenvalue weighted by molar-refractivity contribution is 6.02. The summed E-state index contributed by atoms with van der Waals surface area (Å²) in [6, 6.07) is 8.81. The Labute approximate surface area is 276 Å². The van der Waals surface area contributed by atoms with Gasteiger partial charge in [0.15, 0.2) is 11.5 Å². The third-order valence-electron chi connectivity index (χ3n) is 8.15. The van der Waals surface area contributed by atoms with Gasteiger partial charge >= 0.3 is 12.1 Å². The van der Waals surface area contributed by atoms with E-state index >= 15 is 0 Å². The van der Waals surface area contributed by atoms with Crippen LogP contribution in [0.3, 0.4) is 0 Å². The second-order valence-corrected chi connectivity index (χ2v) is 12.6. The van der Waals surface area contributed by atoms with Crippen molar-refractivity contribution in [2.24, 2.45) is 5.92 Å². The summed E-state index contributed by atoms with van der Waals surface area (Å²) in [5, 5.41) is 18.7.